The Bertz CT molecular complexity index is 384. The lowest BCUT2D eigenvalue weighted by molar-refractivity contribution is 0.590. The lowest BCUT2D eigenvalue weighted by Gasteiger charge is -2.19. The van der Waals surface area contributed by atoms with Gasteiger partial charge in [-0.3, -0.25) is 0 Å². The Labute approximate surface area is 83.4 Å². The van der Waals surface area contributed by atoms with Gasteiger partial charge in [0.05, 0.1) is 5.69 Å². The highest BCUT2D eigenvalue weighted by atomic mass is 15.1. The van der Waals surface area contributed by atoms with Crippen LogP contribution in [-0.4, -0.2) is 0 Å². The van der Waals surface area contributed by atoms with E-state index < -0.39 is 0 Å². The molecule has 0 aliphatic carbocycles. The molecule has 0 heterocycles. The van der Waals surface area contributed by atoms with Crippen LogP contribution in [0.15, 0.2) is 23.3 Å². The summed E-state index contributed by atoms with van der Waals surface area (Å²) < 4.78 is 0. The first-order chi connectivity index (χ1) is 6.45. The molecule has 1 aromatic rings. The van der Waals surface area contributed by atoms with Gasteiger partial charge in [0.25, 0.3) is 0 Å². The zero-order valence-corrected chi connectivity index (χ0v) is 8.65. The van der Waals surface area contributed by atoms with Crippen molar-refractivity contribution in [2.24, 2.45) is 5.11 Å². The lowest BCUT2D eigenvalue weighted by Crippen LogP contribution is -2.10. The van der Waals surface area contributed by atoms with E-state index in [1.165, 1.54) is 0 Å². The molecule has 4 nitrogen and oxygen atoms in total. The van der Waals surface area contributed by atoms with E-state index in [0.29, 0.717) is 11.4 Å². The van der Waals surface area contributed by atoms with Gasteiger partial charge in [0.1, 0.15) is 0 Å². The molecule has 0 amide bonds. The van der Waals surface area contributed by atoms with Crippen molar-refractivity contribution in [1.82, 2.24) is 0 Å². The van der Waals surface area contributed by atoms with Crippen LogP contribution < -0.4 is 5.73 Å². The third-order valence-corrected chi connectivity index (χ3v) is 2.05. The van der Waals surface area contributed by atoms with Gasteiger partial charge in [-0.1, -0.05) is 32.0 Å². The number of nitrogens with zero attached hydrogens (tertiary/aromatic N) is 3. The van der Waals surface area contributed by atoms with Crippen molar-refractivity contribution in [2.45, 2.75) is 26.2 Å². The van der Waals surface area contributed by atoms with Gasteiger partial charge in [-0.05, 0) is 28.6 Å². The molecule has 0 aliphatic heterocycles. The molecule has 0 radical (unpaired) electrons. The Balaban J connectivity index is 3.26. The van der Waals surface area contributed by atoms with Crippen molar-refractivity contribution in [2.75, 3.05) is 5.73 Å². The molecule has 14 heavy (non-hydrogen) atoms. The van der Waals surface area contributed by atoms with Crippen LogP contribution in [0.2, 0.25) is 0 Å². The predicted octanol–water partition coefficient (Wildman–Crippen LogP) is 3.51. The monoisotopic (exact) mass is 190 g/mol. The number of anilines is 1. The van der Waals surface area contributed by atoms with E-state index in [2.05, 4.69) is 30.8 Å². The fourth-order valence-corrected chi connectivity index (χ4v) is 1.14. The molecule has 2 N–H and O–H groups in total. The van der Waals surface area contributed by atoms with Crippen LogP contribution in [0.25, 0.3) is 10.4 Å². The molecular formula is C10H14N4. The van der Waals surface area contributed by atoms with E-state index >= 15 is 0 Å². The van der Waals surface area contributed by atoms with Gasteiger partial charge >= 0.3 is 0 Å². The van der Waals surface area contributed by atoms with Crippen molar-refractivity contribution in [1.29, 1.82) is 0 Å². The maximum absolute atomic E-state index is 8.34. The second-order valence-electron chi connectivity index (χ2n) is 4.21. The van der Waals surface area contributed by atoms with E-state index in [9.17, 15) is 0 Å². The molecular weight excluding hydrogens is 176 g/mol. The minimum atomic E-state index is 0.0351. The molecule has 0 atom stereocenters. The van der Waals surface area contributed by atoms with Gasteiger partial charge in [0, 0.05) is 10.6 Å². The summed E-state index contributed by atoms with van der Waals surface area (Å²) in [5, 5.41) is 3.54. The van der Waals surface area contributed by atoms with Crippen molar-refractivity contribution in [3.63, 3.8) is 0 Å². The van der Waals surface area contributed by atoms with Crippen LogP contribution >= 0.6 is 0 Å². The quantitative estimate of drug-likeness (QED) is 0.313. The fraction of sp³-hybridized carbons (Fsp3) is 0.400. The number of nitrogens with two attached hydrogens (primary N) is 1. The van der Waals surface area contributed by atoms with E-state index in [1.807, 2.05) is 12.1 Å². The van der Waals surface area contributed by atoms with Crippen LogP contribution in [0.3, 0.4) is 0 Å². The third kappa shape index (κ3) is 2.18. The molecule has 74 valence electrons. The Morgan fingerprint density at radius 2 is 2.00 bits per heavy atom. The average molecular weight is 190 g/mol. The van der Waals surface area contributed by atoms with E-state index in [-0.39, 0.29) is 5.41 Å². The average Bonchev–Trinajstić information content (AvgIpc) is 2.07. The summed E-state index contributed by atoms with van der Waals surface area (Å²) in [4.78, 5) is 2.73. The van der Waals surface area contributed by atoms with Gasteiger partial charge in [0.2, 0.25) is 0 Å². The summed E-state index contributed by atoms with van der Waals surface area (Å²) in [6.07, 6.45) is 0. The lowest BCUT2D eigenvalue weighted by atomic mass is 9.87. The molecule has 0 aliphatic rings. The van der Waals surface area contributed by atoms with E-state index in [0.717, 1.165) is 5.56 Å². The summed E-state index contributed by atoms with van der Waals surface area (Å²) >= 11 is 0. The number of nitrogen functional groups attached to an aromatic ring is 1. The topological polar surface area (TPSA) is 74.8 Å². The zero-order chi connectivity index (χ0) is 10.8. The maximum Gasteiger partial charge on any atom is 0.0607 e. The fourth-order valence-electron chi connectivity index (χ4n) is 1.14. The Morgan fingerprint density at radius 3 is 2.50 bits per heavy atom. The highest BCUT2D eigenvalue weighted by Gasteiger charge is 2.14. The van der Waals surface area contributed by atoms with Crippen molar-refractivity contribution < 1.29 is 0 Å². The first-order valence-corrected chi connectivity index (χ1v) is 4.40. The second kappa shape index (κ2) is 3.60. The largest absolute Gasteiger partial charge is 0.398 e. The molecule has 0 unspecified atom stereocenters. The smallest absolute Gasteiger partial charge is 0.0607 e. The molecule has 1 rings (SSSR count). The first kappa shape index (κ1) is 10.4. The Kier molecular flexibility index (Phi) is 2.68. The van der Waals surface area contributed by atoms with E-state index in [4.69, 9.17) is 11.3 Å². The molecule has 0 saturated heterocycles. The number of azide groups is 1. The molecule has 0 spiro atoms. The molecule has 4 heteroatoms. The number of hydrogen-bond acceptors (Lipinski definition) is 2. The molecule has 1 aromatic carbocycles. The summed E-state index contributed by atoms with van der Waals surface area (Å²) in [6, 6.07) is 5.55. The molecule has 0 bridgehead atoms. The highest BCUT2D eigenvalue weighted by Crippen LogP contribution is 2.30. The zero-order valence-electron chi connectivity index (χ0n) is 8.65. The second-order valence-corrected chi connectivity index (χ2v) is 4.21. The van der Waals surface area contributed by atoms with Gasteiger partial charge in [-0.15, -0.1) is 0 Å². The molecule has 0 aromatic heterocycles. The van der Waals surface area contributed by atoms with Crippen LogP contribution in [0.5, 0.6) is 0 Å². The molecule has 0 saturated carbocycles. The van der Waals surface area contributed by atoms with Crippen LogP contribution in [-0.2, 0) is 5.41 Å². The third-order valence-electron chi connectivity index (χ3n) is 2.05. The standard InChI is InChI=1S/C10H14N4/c1-10(2,3)7-4-5-8(11)9(6-7)13-14-12/h4-6H,11H2,1-3H3. The predicted molar refractivity (Wildman–Crippen MR) is 58.4 cm³/mol. The van der Waals surface area contributed by atoms with Crippen LogP contribution in [0.4, 0.5) is 11.4 Å². The summed E-state index contributed by atoms with van der Waals surface area (Å²) in [5.41, 5.74) is 16.1. The maximum atomic E-state index is 8.34. The van der Waals surface area contributed by atoms with Crippen molar-refractivity contribution in [3.05, 3.63) is 34.2 Å². The minimum Gasteiger partial charge on any atom is -0.398 e. The van der Waals surface area contributed by atoms with Gasteiger partial charge < -0.3 is 5.73 Å². The molecule has 0 fully saturated rings. The first-order valence-electron chi connectivity index (χ1n) is 4.40. The number of benzene rings is 1. The normalized spacial score (nSPS) is 10.8. The summed E-state index contributed by atoms with van der Waals surface area (Å²) in [6.45, 7) is 6.29. The minimum absolute atomic E-state index is 0.0351. The van der Waals surface area contributed by atoms with Gasteiger partial charge in [0.15, 0.2) is 0 Å². The van der Waals surface area contributed by atoms with E-state index in [1.54, 1.807) is 6.07 Å². The van der Waals surface area contributed by atoms with Crippen molar-refractivity contribution in [3.8, 4) is 0 Å². The number of rotatable bonds is 1. The number of hydrogen-bond donors (Lipinski definition) is 1. The van der Waals surface area contributed by atoms with Gasteiger partial charge in [-0.25, -0.2) is 0 Å². The Morgan fingerprint density at radius 1 is 1.36 bits per heavy atom. The van der Waals surface area contributed by atoms with Crippen molar-refractivity contribution >= 4 is 11.4 Å². The van der Waals surface area contributed by atoms with Gasteiger partial charge in [-0.2, -0.15) is 0 Å². The van der Waals surface area contributed by atoms with Crippen LogP contribution in [0, 0.1) is 0 Å². The van der Waals surface area contributed by atoms with Crippen LogP contribution in [0.1, 0.15) is 26.3 Å². The highest BCUT2D eigenvalue weighted by molar-refractivity contribution is 5.63. The SMILES string of the molecule is CC(C)(C)c1ccc(N)c(N=[N+]=[N-])c1. The summed E-state index contributed by atoms with van der Waals surface area (Å²) in [7, 11) is 0. The Hall–Kier alpha value is -1.67. The summed E-state index contributed by atoms with van der Waals surface area (Å²) in [5.74, 6) is 0.